The van der Waals surface area contributed by atoms with Gasteiger partial charge in [-0.05, 0) is 36.2 Å². The molecule has 0 saturated heterocycles. The van der Waals surface area contributed by atoms with E-state index in [1.54, 1.807) is 19.1 Å². The molecule has 2 aromatic rings. The van der Waals surface area contributed by atoms with Crippen molar-refractivity contribution >= 4 is 5.91 Å². The van der Waals surface area contributed by atoms with Crippen molar-refractivity contribution in [3.8, 4) is 0 Å². The summed E-state index contributed by atoms with van der Waals surface area (Å²) < 4.78 is 39.9. The highest BCUT2D eigenvalue weighted by Crippen LogP contribution is 2.16. The number of hydrogen-bond donors (Lipinski definition) is 0. The van der Waals surface area contributed by atoms with E-state index in [0.29, 0.717) is 11.1 Å². The number of benzene rings is 2. The molecule has 110 valence electrons. The highest BCUT2D eigenvalue weighted by Gasteiger charge is 2.17. The molecule has 0 spiro atoms. The van der Waals surface area contributed by atoms with Crippen molar-refractivity contribution in [2.75, 3.05) is 7.05 Å². The lowest BCUT2D eigenvalue weighted by atomic mass is 10.1. The van der Waals surface area contributed by atoms with Crippen LogP contribution in [0.2, 0.25) is 0 Å². The van der Waals surface area contributed by atoms with E-state index >= 15 is 0 Å². The molecule has 0 aliphatic heterocycles. The SMILES string of the molecule is Cc1cccc(C(=O)N(C)Cc2ccc(F)c(F)c2)c1F. The smallest absolute Gasteiger partial charge is 0.256 e. The van der Waals surface area contributed by atoms with Gasteiger partial charge in [0.25, 0.3) is 5.91 Å². The Hall–Kier alpha value is -2.30. The van der Waals surface area contributed by atoms with E-state index in [9.17, 15) is 18.0 Å². The minimum absolute atomic E-state index is 0.0416. The standard InChI is InChI=1S/C16H14F3NO/c1-10-4-3-5-12(15(10)19)16(21)20(2)9-11-6-7-13(17)14(18)8-11/h3-8H,9H2,1-2H3. The van der Waals surface area contributed by atoms with Crippen LogP contribution in [0, 0.1) is 24.4 Å². The van der Waals surface area contributed by atoms with Crippen molar-refractivity contribution in [1.29, 1.82) is 0 Å². The van der Waals surface area contributed by atoms with E-state index in [1.165, 1.54) is 24.1 Å². The van der Waals surface area contributed by atoms with Gasteiger partial charge in [0.1, 0.15) is 5.82 Å². The Kier molecular flexibility index (Phi) is 4.31. The minimum Gasteiger partial charge on any atom is -0.337 e. The number of nitrogens with zero attached hydrogens (tertiary/aromatic N) is 1. The van der Waals surface area contributed by atoms with Crippen molar-refractivity contribution in [3.05, 3.63) is 70.5 Å². The van der Waals surface area contributed by atoms with E-state index in [-0.39, 0.29) is 12.1 Å². The molecule has 0 N–H and O–H groups in total. The molecule has 0 fully saturated rings. The van der Waals surface area contributed by atoms with Gasteiger partial charge in [-0.15, -0.1) is 0 Å². The lowest BCUT2D eigenvalue weighted by molar-refractivity contribution is 0.0780. The fraction of sp³-hybridized carbons (Fsp3) is 0.188. The molecule has 5 heteroatoms. The number of rotatable bonds is 3. The van der Waals surface area contributed by atoms with Crippen LogP contribution in [0.1, 0.15) is 21.5 Å². The van der Waals surface area contributed by atoms with Gasteiger partial charge in [-0.1, -0.05) is 18.2 Å². The molecule has 0 aromatic heterocycles. The first kappa shape index (κ1) is 15.1. The van der Waals surface area contributed by atoms with Gasteiger partial charge in [0, 0.05) is 13.6 Å². The van der Waals surface area contributed by atoms with Gasteiger partial charge >= 0.3 is 0 Å². The van der Waals surface area contributed by atoms with Crippen LogP contribution in [0.4, 0.5) is 13.2 Å². The number of carbonyl (C=O) groups excluding carboxylic acids is 1. The Balaban J connectivity index is 2.19. The number of carbonyl (C=O) groups is 1. The average Bonchev–Trinajstić information content (AvgIpc) is 2.45. The summed E-state index contributed by atoms with van der Waals surface area (Å²) in [7, 11) is 1.48. The lowest BCUT2D eigenvalue weighted by Crippen LogP contribution is -2.27. The van der Waals surface area contributed by atoms with Gasteiger partial charge in [0.2, 0.25) is 0 Å². The fourth-order valence-corrected chi connectivity index (χ4v) is 2.00. The largest absolute Gasteiger partial charge is 0.337 e. The topological polar surface area (TPSA) is 20.3 Å². The van der Waals surface area contributed by atoms with Crippen LogP contribution < -0.4 is 0 Å². The summed E-state index contributed by atoms with van der Waals surface area (Å²) in [5, 5.41) is 0. The second-order valence-electron chi connectivity index (χ2n) is 4.85. The number of halogens is 3. The van der Waals surface area contributed by atoms with E-state index in [1.807, 2.05) is 0 Å². The summed E-state index contributed by atoms with van der Waals surface area (Å²) in [6, 6.07) is 7.96. The van der Waals surface area contributed by atoms with Crippen molar-refractivity contribution in [2.24, 2.45) is 0 Å². The monoisotopic (exact) mass is 293 g/mol. The normalized spacial score (nSPS) is 10.5. The summed E-state index contributed by atoms with van der Waals surface area (Å²) in [5.74, 6) is -3.01. The molecule has 0 unspecified atom stereocenters. The van der Waals surface area contributed by atoms with Gasteiger partial charge < -0.3 is 4.90 Å². The number of amides is 1. The van der Waals surface area contributed by atoms with Crippen molar-refractivity contribution in [1.82, 2.24) is 4.90 Å². The molecule has 1 amide bonds. The maximum Gasteiger partial charge on any atom is 0.256 e. The Bertz CT molecular complexity index is 685. The van der Waals surface area contributed by atoms with Crippen LogP contribution >= 0.6 is 0 Å². The Morgan fingerprint density at radius 3 is 2.48 bits per heavy atom. The summed E-state index contributed by atoms with van der Waals surface area (Å²) in [4.78, 5) is 13.4. The molecule has 0 aliphatic carbocycles. The predicted molar refractivity (Wildman–Crippen MR) is 73.3 cm³/mol. The quantitative estimate of drug-likeness (QED) is 0.845. The zero-order valence-electron chi connectivity index (χ0n) is 11.7. The van der Waals surface area contributed by atoms with Crippen LogP contribution in [0.25, 0.3) is 0 Å². The second kappa shape index (κ2) is 5.99. The maximum absolute atomic E-state index is 13.9. The van der Waals surface area contributed by atoms with Crippen LogP contribution in [0.15, 0.2) is 36.4 Å². The third-order valence-corrected chi connectivity index (χ3v) is 3.17. The molecule has 0 bridgehead atoms. The first-order valence-electron chi connectivity index (χ1n) is 6.34. The highest BCUT2D eigenvalue weighted by atomic mass is 19.2. The lowest BCUT2D eigenvalue weighted by Gasteiger charge is -2.18. The summed E-state index contributed by atoms with van der Waals surface area (Å²) in [6.07, 6.45) is 0. The molecule has 2 aromatic carbocycles. The van der Waals surface area contributed by atoms with Crippen molar-refractivity contribution < 1.29 is 18.0 Å². The molecular weight excluding hydrogens is 279 g/mol. The number of aryl methyl sites for hydroxylation is 1. The first-order chi connectivity index (χ1) is 9.90. The highest BCUT2D eigenvalue weighted by molar-refractivity contribution is 5.94. The molecule has 2 rings (SSSR count). The molecule has 2 nitrogen and oxygen atoms in total. The minimum atomic E-state index is -0.977. The molecule has 0 aliphatic rings. The van der Waals surface area contributed by atoms with E-state index in [4.69, 9.17) is 0 Å². The van der Waals surface area contributed by atoms with E-state index < -0.39 is 23.4 Å². The third kappa shape index (κ3) is 3.24. The summed E-state index contributed by atoms with van der Waals surface area (Å²) >= 11 is 0. The van der Waals surface area contributed by atoms with E-state index in [2.05, 4.69) is 0 Å². The van der Waals surface area contributed by atoms with Gasteiger partial charge in [-0.2, -0.15) is 0 Å². The van der Waals surface area contributed by atoms with Crippen molar-refractivity contribution in [3.63, 3.8) is 0 Å². The molecular formula is C16H14F3NO. The molecule has 0 atom stereocenters. The summed E-state index contributed by atoms with van der Waals surface area (Å²) in [5.41, 5.74) is 0.764. The van der Waals surface area contributed by atoms with Crippen molar-refractivity contribution in [2.45, 2.75) is 13.5 Å². The number of hydrogen-bond acceptors (Lipinski definition) is 1. The van der Waals surface area contributed by atoms with Gasteiger partial charge in [-0.3, -0.25) is 4.79 Å². The third-order valence-electron chi connectivity index (χ3n) is 3.17. The van der Waals surface area contributed by atoms with Crippen LogP contribution in [0.5, 0.6) is 0 Å². The van der Waals surface area contributed by atoms with Crippen LogP contribution in [-0.4, -0.2) is 17.9 Å². The zero-order chi connectivity index (χ0) is 15.6. The Labute approximate surface area is 120 Å². The van der Waals surface area contributed by atoms with Gasteiger partial charge in [0.05, 0.1) is 5.56 Å². The van der Waals surface area contributed by atoms with Crippen LogP contribution in [-0.2, 0) is 6.54 Å². The molecule has 21 heavy (non-hydrogen) atoms. The average molecular weight is 293 g/mol. The zero-order valence-corrected chi connectivity index (χ0v) is 11.7. The van der Waals surface area contributed by atoms with Gasteiger partial charge in [-0.25, -0.2) is 13.2 Å². The fourth-order valence-electron chi connectivity index (χ4n) is 2.00. The Morgan fingerprint density at radius 1 is 1.10 bits per heavy atom. The van der Waals surface area contributed by atoms with Crippen LogP contribution in [0.3, 0.4) is 0 Å². The van der Waals surface area contributed by atoms with E-state index in [0.717, 1.165) is 12.1 Å². The van der Waals surface area contributed by atoms with Gasteiger partial charge in [0.15, 0.2) is 11.6 Å². The maximum atomic E-state index is 13.9. The Morgan fingerprint density at radius 2 is 1.81 bits per heavy atom. The molecule has 0 heterocycles. The molecule has 0 radical (unpaired) electrons. The first-order valence-corrected chi connectivity index (χ1v) is 6.34. The molecule has 0 saturated carbocycles. The summed E-state index contributed by atoms with van der Waals surface area (Å²) in [6.45, 7) is 1.63. The second-order valence-corrected chi connectivity index (χ2v) is 4.85. The predicted octanol–water partition coefficient (Wildman–Crippen LogP) is 3.68.